The van der Waals surface area contributed by atoms with E-state index in [9.17, 15) is 24.0 Å². The van der Waals surface area contributed by atoms with E-state index < -0.39 is 41.6 Å². The van der Waals surface area contributed by atoms with Crippen LogP contribution in [0.3, 0.4) is 0 Å². The molecule has 14 heteroatoms. The zero-order chi connectivity index (χ0) is 37.8. The number of hydrogen-bond acceptors (Lipinski definition) is 13. The van der Waals surface area contributed by atoms with Gasteiger partial charge in [-0.05, 0) is 95.1 Å². The third kappa shape index (κ3) is 11.4. The molecule has 52 heavy (non-hydrogen) atoms. The topological polar surface area (TPSA) is 165 Å². The van der Waals surface area contributed by atoms with E-state index >= 15 is 0 Å². The second kappa shape index (κ2) is 18.3. The molecule has 0 spiro atoms. The molecule has 4 rings (SSSR count). The van der Waals surface area contributed by atoms with E-state index in [1.807, 2.05) is 0 Å². The molecule has 3 aromatic carbocycles. The summed E-state index contributed by atoms with van der Waals surface area (Å²) in [4.78, 5) is 70.3. The normalized spacial score (nSPS) is 16.2. The molecule has 0 bridgehead atoms. The summed E-state index contributed by atoms with van der Waals surface area (Å²) < 4.78 is 32.1. The molecular weight excluding hydrogens is 676 g/mol. The van der Waals surface area contributed by atoms with Crippen molar-refractivity contribution in [1.82, 2.24) is 10.4 Å². The number of ether oxygens (including phenoxy) is 6. The molecular formula is C38H44N2O12. The van der Waals surface area contributed by atoms with Gasteiger partial charge in [-0.1, -0.05) is 12.1 Å². The van der Waals surface area contributed by atoms with Gasteiger partial charge in [-0.25, -0.2) is 9.59 Å². The fourth-order valence-electron chi connectivity index (χ4n) is 5.21. The number of hydrogen-bond donors (Lipinski definition) is 1. The smallest absolute Gasteiger partial charge is 0.468 e. The van der Waals surface area contributed by atoms with E-state index in [-0.39, 0.29) is 48.4 Å². The average Bonchev–Trinajstić information content (AvgIpc) is 3.29. The van der Waals surface area contributed by atoms with Crippen LogP contribution < -0.4 is 14.8 Å². The molecule has 14 nitrogen and oxygen atoms in total. The zero-order valence-corrected chi connectivity index (χ0v) is 30.1. The van der Waals surface area contributed by atoms with Crippen LogP contribution in [0.1, 0.15) is 87.5 Å². The van der Waals surface area contributed by atoms with Crippen LogP contribution in [0.25, 0.3) is 0 Å². The average molecular weight is 721 g/mol. The lowest BCUT2D eigenvalue weighted by Crippen LogP contribution is -2.50. The Bertz CT molecular complexity index is 1720. The number of carbonyl (C=O) groups is 5. The number of ketones is 2. The van der Waals surface area contributed by atoms with Crippen molar-refractivity contribution in [2.75, 3.05) is 40.9 Å². The largest absolute Gasteiger partial charge is 0.528 e. The number of rotatable bonds is 14. The Morgan fingerprint density at radius 1 is 0.808 bits per heavy atom. The molecule has 0 radical (unpaired) electrons. The molecule has 1 heterocycles. The molecule has 1 N–H and O–H groups in total. The van der Waals surface area contributed by atoms with Crippen molar-refractivity contribution in [1.29, 1.82) is 0 Å². The SMILES string of the molecule is COCOc1ccc(C(=O)N[C@@H]2CN(OC(=O)OC(C)(C)C)CCC[C@H]2OC(=O)c2ccc(C(=O)c3cc(C(C)=O)ccc3OCOC)cc2)cc1. The molecule has 1 saturated heterocycles. The number of carbonyl (C=O) groups excluding carboxylic acids is 5. The second-order valence-electron chi connectivity index (χ2n) is 12.9. The van der Waals surface area contributed by atoms with Gasteiger partial charge in [-0.3, -0.25) is 14.4 Å². The molecule has 1 aliphatic rings. The van der Waals surface area contributed by atoms with Gasteiger partial charge in [0.25, 0.3) is 5.91 Å². The van der Waals surface area contributed by atoms with Gasteiger partial charge in [0, 0.05) is 37.5 Å². The van der Waals surface area contributed by atoms with Crippen LogP contribution in [0.2, 0.25) is 0 Å². The van der Waals surface area contributed by atoms with E-state index in [4.69, 9.17) is 33.3 Å². The van der Waals surface area contributed by atoms with Gasteiger partial charge in [0.05, 0.1) is 23.7 Å². The molecule has 1 amide bonds. The Hall–Kier alpha value is -5.31. The number of nitrogens with one attached hydrogen (secondary N) is 1. The van der Waals surface area contributed by atoms with Crippen molar-refractivity contribution in [2.45, 2.75) is 58.3 Å². The van der Waals surface area contributed by atoms with Crippen molar-refractivity contribution >= 4 is 29.6 Å². The predicted molar refractivity (Wildman–Crippen MR) is 186 cm³/mol. The third-order valence-corrected chi connectivity index (χ3v) is 7.72. The minimum atomic E-state index is -0.903. The number of benzene rings is 3. The van der Waals surface area contributed by atoms with E-state index in [2.05, 4.69) is 5.32 Å². The van der Waals surface area contributed by atoms with Crippen molar-refractivity contribution in [3.8, 4) is 11.5 Å². The number of hydroxylamine groups is 2. The first-order valence-electron chi connectivity index (χ1n) is 16.6. The minimum absolute atomic E-state index is 0.00178. The molecule has 278 valence electrons. The lowest BCUT2D eigenvalue weighted by atomic mass is 9.98. The van der Waals surface area contributed by atoms with Crippen molar-refractivity contribution < 1.29 is 57.2 Å². The Kier molecular flexibility index (Phi) is 13.9. The second-order valence-corrected chi connectivity index (χ2v) is 12.9. The van der Waals surface area contributed by atoms with Gasteiger partial charge < -0.3 is 38.6 Å². The zero-order valence-electron chi connectivity index (χ0n) is 30.1. The van der Waals surface area contributed by atoms with Crippen LogP contribution in [-0.4, -0.2) is 93.3 Å². The van der Waals surface area contributed by atoms with Gasteiger partial charge in [-0.2, -0.15) is 0 Å². The van der Waals surface area contributed by atoms with Crippen molar-refractivity contribution in [3.05, 3.63) is 94.5 Å². The first-order valence-corrected chi connectivity index (χ1v) is 16.6. The number of Topliss-reactive ketones (excluding diaryl/α,β-unsaturated/α-hetero) is 1. The summed E-state index contributed by atoms with van der Waals surface area (Å²) in [6.07, 6.45) is -0.926. The molecule has 1 fully saturated rings. The highest BCUT2D eigenvalue weighted by Gasteiger charge is 2.34. The molecule has 0 unspecified atom stereocenters. The molecule has 0 aromatic heterocycles. The number of amides is 1. The summed E-state index contributed by atoms with van der Waals surface area (Å²) in [5, 5.41) is 4.30. The van der Waals surface area contributed by atoms with E-state index in [1.165, 1.54) is 62.6 Å². The highest BCUT2D eigenvalue weighted by atomic mass is 16.8. The highest BCUT2D eigenvalue weighted by molar-refractivity contribution is 6.12. The van der Waals surface area contributed by atoms with E-state index in [0.29, 0.717) is 36.3 Å². The summed E-state index contributed by atoms with van der Waals surface area (Å²) in [7, 11) is 2.94. The first-order chi connectivity index (χ1) is 24.8. The van der Waals surface area contributed by atoms with Crippen LogP contribution in [-0.2, 0) is 23.8 Å². The van der Waals surface area contributed by atoms with Gasteiger partial charge in [0.15, 0.2) is 25.2 Å². The first kappa shape index (κ1) is 39.5. The molecule has 3 aromatic rings. The van der Waals surface area contributed by atoms with E-state index in [0.717, 1.165) is 0 Å². The van der Waals surface area contributed by atoms with Crippen LogP contribution in [0, 0.1) is 0 Å². The minimum Gasteiger partial charge on any atom is -0.468 e. The molecule has 2 atom stereocenters. The predicted octanol–water partition coefficient (Wildman–Crippen LogP) is 5.37. The molecule has 0 aliphatic carbocycles. The highest BCUT2D eigenvalue weighted by Crippen LogP contribution is 2.25. The standard InChI is InChI=1S/C38H44N2O12/c1-24(41)28-15-18-32(49-23-47-6)30(20-28)34(42)25-9-11-27(12-10-25)36(44)50-33-8-7-19-40(52-37(45)51-38(2,3)4)21-31(33)39-35(43)26-13-16-29(17-14-26)48-22-46-5/h9-18,20,31,33H,7-8,19,21-23H2,1-6H3,(H,39,43)/t31-,33-/m1/s1. The molecule has 1 aliphatic heterocycles. The van der Waals surface area contributed by atoms with Crippen LogP contribution >= 0.6 is 0 Å². The third-order valence-electron chi connectivity index (χ3n) is 7.72. The maximum Gasteiger partial charge on any atom is 0.528 e. The quantitative estimate of drug-likeness (QED) is 0.128. The Morgan fingerprint density at radius 2 is 1.42 bits per heavy atom. The monoisotopic (exact) mass is 720 g/mol. The van der Waals surface area contributed by atoms with E-state index in [1.54, 1.807) is 51.1 Å². The Labute approximate surface area is 302 Å². The summed E-state index contributed by atoms with van der Waals surface area (Å²) in [6, 6.07) is 16.0. The summed E-state index contributed by atoms with van der Waals surface area (Å²) >= 11 is 0. The van der Waals surface area contributed by atoms with Gasteiger partial charge in [0.1, 0.15) is 23.2 Å². The van der Waals surface area contributed by atoms with Crippen LogP contribution in [0.5, 0.6) is 11.5 Å². The fraction of sp³-hybridized carbons (Fsp3) is 0.395. The van der Waals surface area contributed by atoms with Gasteiger partial charge >= 0.3 is 12.1 Å². The van der Waals surface area contributed by atoms with Gasteiger partial charge in [-0.15, -0.1) is 5.06 Å². The van der Waals surface area contributed by atoms with Crippen molar-refractivity contribution in [3.63, 3.8) is 0 Å². The summed E-state index contributed by atoms with van der Waals surface area (Å²) in [6.45, 7) is 6.77. The lowest BCUT2D eigenvalue weighted by molar-refractivity contribution is -0.144. The Balaban J connectivity index is 1.52. The molecule has 0 saturated carbocycles. The lowest BCUT2D eigenvalue weighted by Gasteiger charge is -2.29. The fourth-order valence-corrected chi connectivity index (χ4v) is 5.21. The Morgan fingerprint density at radius 3 is 2.06 bits per heavy atom. The number of methoxy groups -OCH3 is 2. The van der Waals surface area contributed by atoms with Crippen LogP contribution in [0.15, 0.2) is 66.7 Å². The number of nitrogens with zero attached hydrogens (tertiary/aromatic N) is 1. The van der Waals surface area contributed by atoms with Gasteiger partial charge in [0.2, 0.25) is 0 Å². The summed E-state index contributed by atoms with van der Waals surface area (Å²) in [5.74, 6) is -1.04. The van der Waals surface area contributed by atoms with Crippen LogP contribution in [0.4, 0.5) is 4.79 Å². The maximum absolute atomic E-state index is 13.5. The summed E-state index contributed by atoms with van der Waals surface area (Å²) in [5.41, 5.74) is 0.435. The van der Waals surface area contributed by atoms with Crippen molar-refractivity contribution in [2.24, 2.45) is 0 Å². The maximum atomic E-state index is 13.5. The number of esters is 1.